The van der Waals surface area contributed by atoms with E-state index in [4.69, 9.17) is 0 Å². The van der Waals surface area contributed by atoms with E-state index in [1.807, 2.05) is 6.07 Å². The molecule has 1 aromatic rings. The third-order valence-corrected chi connectivity index (χ3v) is 1.25. The molecule has 0 fully saturated rings. The summed E-state index contributed by atoms with van der Waals surface area (Å²) in [4.78, 5) is 0. The average Bonchev–Trinajstić information content (AvgIpc) is 2.08. The van der Waals surface area contributed by atoms with Gasteiger partial charge in [0, 0.05) is 0 Å². The zero-order valence-corrected chi connectivity index (χ0v) is 9.54. The molecule has 0 bridgehead atoms. The quantitative estimate of drug-likeness (QED) is 0.710. The van der Waals surface area contributed by atoms with Crippen LogP contribution in [-0.2, 0) is 0 Å². The van der Waals surface area contributed by atoms with E-state index in [-0.39, 0.29) is 16.4 Å². The van der Waals surface area contributed by atoms with Gasteiger partial charge in [0.25, 0.3) is 0 Å². The molecule has 0 spiro atoms. The zero-order chi connectivity index (χ0) is 9.40. The number of rotatable bonds is 1. The molecule has 1 aromatic carbocycles. The van der Waals surface area contributed by atoms with Crippen LogP contribution in [0.4, 0.5) is 0 Å². The zero-order valence-electron chi connectivity index (χ0n) is 9.54. The molecule has 0 atom stereocenters. The molecule has 0 heterocycles. The minimum Gasteiger partial charge on any atom is -0.412 e. The molecule has 4 heteroatoms. The molecule has 0 aromatic heterocycles. The number of benzene rings is 1. The van der Waals surface area contributed by atoms with Crippen LogP contribution >= 0.6 is 0 Å². The van der Waals surface area contributed by atoms with Crippen molar-refractivity contribution < 1.29 is 16.4 Å². The number of hydrogen-bond donors (Lipinski definition) is 1. The van der Waals surface area contributed by atoms with Crippen molar-refractivity contribution in [2.24, 2.45) is 5.73 Å². The van der Waals surface area contributed by atoms with Gasteiger partial charge in [-0.25, -0.2) is 0 Å². The van der Waals surface area contributed by atoms with Crippen LogP contribution in [0.5, 0.6) is 0 Å². The summed E-state index contributed by atoms with van der Waals surface area (Å²) >= 11 is 0. The maximum atomic E-state index is 4.50. The van der Waals surface area contributed by atoms with Gasteiger partial charge in [0.2, 0.25) is 0 Å². The lowest BCUT2D eigenvalue weighted by atomic mass is 10.2. The van der Waals surface area contributed by atoms with Gasteiger partial charge in [-0.3, -0.25) is 0 Å². The number of hydrogen-bond acceptors (Lipinski definition) is 1. The molecule has 0 amide bonds. The van der Waals surface area contributed by atoms with Crippen molar-refractivity contribution in [2.45, 2.75) is 13.8 Å². The first-order valence-electron chi connectivity index (χ1n) is 4.07. The predicted octanol–water partition coefficient (Wildman–Crippen LogP) is 0.211. The number of allylic oxidation sites excluding steroid dienone is 1. The van der Waals surface area contributed by atoms with E-state index in [0.29, 0.717) is 0 Å². The maximum absolute atomic E-state index is 4.50. The molecule has 0 aliphatic rings. The van der Waals surface area contributed by atoms with E-state index in [1.165, 1.54) is 18.2 Å². The molecular weight excluding hydrogens is 194 g/mol. The highest BCUT2D eigenvalue weighted by atomic mass is 16.0. The van der Waals surface area contributed by atoms with Crippen LogP contribution in [0.15, 0.2) is 35.9 Å². The Morgan fingerprint density at radius 1 is 0.933 bits per heavy atom. The third-order valence-electron chi connectivity index (χ3n) is 1.25. The fourth-order valence-electron chi connectivity index (χ4n) is 0.883. The highest BCUT2D eigenvalue weighted by Gasteiger charge is 1.82. The minimum atomic E-state index is 0. The molecule has 0 aliphatic carbocycles. The molecular formula is C11H23NO3. The summed E-state index contributed by atoms with van der Waals surface area (Å²) in [7, 11) is 1.50. The van der Waals surface area contributed by atoms with Crippen molar-refractivity contribution in [3.63, 3.8) is 0 Å². The standard InChI is InChI=1S/C10H12.CH5N.3H2O/c1-9(2)8-10-6-4-3-5-7-10;1-2;;;/h3-8H,1-2H3;2H2,1H3;3*1H2. The lowest BCUT2D eigenvalue weighted by Crippen LogP contribution is -1.69. The van der Waals surface area contributed by atoms with Crippen molar-refractivity contribution in [3.05, 3.63) is 41.5 Å². The molecule has 0 radical (unpaired) electrons. The normalized spacial score (nSPS) is 6.40. The Kier molecular flexibility index (Phi) is 24.0. The van der Waals surface area contributed by atoms with E-state index in [2.05, 4.69) is 49.9 Å². The SMILES string of the molecule is CC(C)=Cc1ccccc1.CN.O.O.O. The number of nitrogens with two attached hydrogens (primary N) is 1. The fourth-order valence-corrected chi connectivity index (χ4v) is 0.883. The molecule has 1 rings (SSSR count). The summed E-state index contributed by atoms with van der Waals surface area (Å²) in [6, 6.07) is 10.3. The Balaban J connectivity index is -0.000000114. The molecule has 4 nitrogen and oxygen atoms in total. The van der Waals surface area contributed by atoms with Gasteiger partial charge < -0.3 is 22.2 Å². The molecule has 0 aliphatic heterocycles. The second kappa shape index (κ2) is 15.3. The van der Waals surface area contributed by atoms with Crippen LogP contribution in [0.1, 0.15) is 19.4 Å². The average molecular weight is 217 g/mol. The van der Waals surface area contributed by atoms with Crippen LogP contribution in [0.3, 0.4) is 0 Å². The van der Waals surface area contributed by atoms with Gasteiger partial charge in [-0.15, -0.1) is 0 Å². The smallest absolute Gasteiger partial charge is 0.0195 e. The van der Waals surface area contributed by atoms with Crippen LogP contribution in [0.25, 0.3) is 6.08 Å². The summed E-state index contributed by atoms with van der Waals surface area (Å²) in [5.74, 6) is 0. The fraction of sp³-hybridized carbons (Fsp3) is 0.273. The van der Waals surface area contributed by atoms with Crippen molar-refractivity contribution in [1.82, 2.24) is 0 Å². The van der Waals surface area contributed by atoms with Crippen LogP contribution in [0, 0.1) is 0 Å². The van der Waals surface area contributed by atoms with Crippen LogP contribution < -0.4 is 5.73 Å². The van der Waals surface area contributed by atoms with Gasteiger partial charge in [-0.05, 0) is 26.5 Å². The summed E-state index contributed by atoms with van der Waals surface area (Å²) < 4.78 is 0. The molecule has 15 heavy (non-hydrogen) atoms. The molecule has 90 valence electrons. The Bertz CT molecular complexity index is 231. The van der Waals surface area contributed by atoms with Crippen molar-refractivity contribution in [1.29, 1.82) is 0 Å². The molecule has 0 saturated heterocycles. The summed E-state index contributed by atoms with van der Waals surface area (Å²) in [6.07, 6.45) is 2.17. The van der Waals surface area contributed by atoms with Crippen LogP contribution in [-0.4, -0.2) is 23.5 Å². The van der Waals surface area contributed by atoms with Crippen LogP contribution in [0.2, 0.25) is 0 Å². The lowest BCUT2D eigenvalue weighted by Gasteiger charge is -1.91. The summed E-state index contributed by atoms with van der Waals surface area (Å²) in [5.41, 5.74) is 7.12. The van der Waals surface area contributed by atoms with Crippen molar-refractivity contribution in [2.75, 3.05) is 7.05 Å². The van der Waals surface area contributed by atoms with Gasteiger partial charge in [-0.1, -0.05) is 42.0 Å². The molecule has 8 N–H and O–H groups in total. The second-order valence-corrected chi connectivity index (χ2v) is 2.63. The van der Waals surface area contributed by atoms with E-state index in [9.17, 15) is 0 Å². The van der Waals surface area contributed by atoms with Gasteiger partial charge >= 0.3 is 0 Å². The van der Waals surface area contributed by atoms with Crippen molar-refractivity contribution >= 4 is 6.08 Å². The Morgan fingerprint density at radius 3 is 1.67 bits per heavy atom. The van der Waals surface area contributed by atoms with E-state index >= 15 is 0 Å². The summed E-state index contributed by atoms with van der Waals surface area (Å²) in [6.45, 7) is 4.21. The first-order valence-corrected chi connectivity index (χ1v) is 4.07. The first-order chi connectivity index (χ1) is 5.79. The Labute approximate surface area is 91.4 Å². The lowest BCUT2D eigenvalue weighted by molar-refractivity contribution is 0.823. The topological polar surface area (TPSA) is 121 Å². The first kappa shape index (κ1) is 23.5. The van der Waals surface area contributed by atoms with Gasteiger partial charge in [0.15, 0.2) is 0 Å². The minimum absolute atomic E-state index is 0. The van der Waals surface area contributed by atoms with Gasteiger partial charge in [-0.2, -0.15) is 0 Å². The molecule has 0 unspecified atom stereocenters. The monoisotopic (exact) mass is 217 g/mol. The van der Waals surface area contributed by atoms with E-state index in [0.717, 1.165) is 0 Å². The van der Waals surface area contributed by atoms with E-state index < -0.39 is 0 Å². The van der Waals surface area contributed by atoms with Gasteiger partial charge in [0.1, 0.15) is 0 Å². The summed E-state index contributed by atoms with van der Waals surface area (Å²) in [5, 5.41) is 0. The predicted molar refractivity (Wildman–Crippen MR) is 66.7 cm³/mol. The van der Waals surface area contributed by atoms with Gasteiger partial charge in [0.05, 0.1) is 0 Å². The highest BCUT2D eigenvalue weighted by Crippen LogP contribution is 2.04. The van der Waals surface area contributed by atoms with E-state index in [1.54, 1.807) is 0 Å². The Morgan fingerprint density at radius 2 is 1.33 bits per heavy atom. The second-order valence-electron chi connectivity index (χ2n) is 2.63. The molecule has 0 saturated carbocycles. The third kappa shape index (κ3) is 12.8. The largest absolute Gasteiger partial charge is 0.412 e. The maximum Gasteiger partial charge on any atom is -0.0195 e. The highest BCUT2D eigenvalue weighted by molar-refractivity contribution is 5.51. The Hall–Kier alpha value is -1.20. The van der Waals surface area contributed by atoms with Crippen molar-refractivity contribution in [3.8, 4) is 0 Å².